The van der Waals surface area contributed by atoms with Crippen molar-refractivity contribution in [2.45, 2.75) is 39.2 Å². The summed E-state index contributed by atoms with van der Waals surface area (Å²) in [7, 11) is 0. The van der Waals surface area contributed by atoms with E-state index in [4.69, 9.17) is 5.73 Å². The van der Waals surface area contributed by atoms with E-state index in [0.29, 0.717) is 5.41 Å². The van der Waals surface area contributed by atoms with Gasteiger partial charge in [0.1, 0.15) is 0 Å². The largest absolute Gasteiger partial charge is 0.399 e. The molecule has 92 valence electrons. The van der Waals surface area contributed by atoms with Gasteiger partial charge in [-0.1, -0.05) is 12.1 Å². The van der Waals surface area contributed by atoms with E-state index in [0.717, 1.165) is 18.2 Å². The van der Waals surface area contributed by atoms with E-state index in [1.165, 1.54) is 43.4 Å². The van der Waals surface area contributed by atoms with Crippen LogP contribution in [0, 0.1) is 18.3 Å². The van der Waals surface area contributed by atoms with Gasteiger partial charge >= 0.3 is 0 Å². The van der Waals surface area contributed by atoms with E-state index in [-0.39, 0.29) is 0 Å². The van der Waals surface area contributed by atoms with E-state index in [1.54, 1.807) is 0 Å². The molecular weight excluding hydrogens is 208 g/mol. The normalized spacial score (nSPS) is 21.5. The van der Waals surface area contributed by atoms with Crippen LogP contribution >= 0.6 is 0 Å². The summed E-state index contributed by atoms with van der Waals surface area (Å²) in [6.07, 6.45) is 5.83. The Morgan fingerprint density at radius 1 is 1.35 bits per heavy atom. The molecular formula is C15H22N2. The highest BCUT2D eigenvalue weighted by Crippen LogP contribution is 2.60. The third kappa shape index (κ3) is 2.32. The molecule has 3 rings (SSSR count). The van der Waals surface area contributed by atoms with Crippen molar-refractivity contribution < 1.29 is 0 Å². The number of hydrogen-bond donors (Lipinski definition) is 2. The molecule has 0 radical (unpaired) electrons. The molecule has 1 aromatic rings. The number of hydrogen-bond acceptors (Lipinski definition) is 2. The Bertz CT molecular complexity index is 417. The van der Waals surface area contributed by atoms with Gasteiger partial charge in [0.05, 0.1) is 0 Å². The second-order valence-electron chi connectivity index (χ2n) is 5.93. The Morgan fingerprint density at radius 3 is 2.71 bits per heavy atom. The van der Waals surface area contributed by atoms with Gasteiger partial charge in [-0.15, -0.1) is 0 Å². The standard InChI is InChI=1S/C15H22N2/c1-11-2-3-12(8-14(11)16)9-17-10-15(6-7-15)13-4-5-13/h2-3,8,13,17H,4-7,9-10,16H2,1H3. The fourth-order valence-corrected chi connectivity index (χ4v) is 2.84. The molecule has 0 spiro atoms. The third-order valence-corrected chi connectivity index (χ3v) is 4.49. The van der Waals surface area contributed by atoms with Crippen molar-refractivity contribution in [3.63, 3.8) is 0 Å². The van der Waals surface area contributed by atoms with Crippen LogP contribution in [0.2, 0.25) is 0 Å². The number of rotatable bonds is 5. The molecule has 17 heavy (non-hydrogen) atoms. The van der Waals surface area contributed by atoms with Gasteiger partial charge in [0.25, 0.3) is 0 Å². The van der Waals surface area contributed by atoms with Gasteiger partial charge in [-0.2, -0.15) is 0 Å². The van der Waals surface area contributed by atoms with Crippen molar-refractivity contribution >= 4 is 5.69 Å². The molecule has 2 nitrogen and oxygen atoms in total. The number of nitrogen functional groups attached to an aromatic ring is 1. The molecule has 0 unspecified atom stereocenters. The zero-order chi connectivity index (χ0) is 11.9. The molecule has 2 saturated carbocycles. The van der Waals surface area contributed by atoms with Gasteiger partial charge in [0.2, 0.25) is 0 Å². The molecule has 1 aromatic carbocycles. The molecule has 2 fully saturated rings. The Kier molecular flexibility index (Phi) is 2.62. The van der Waals surface area contributed by atoms with Crippen molar-refractivity contribution in [2.24, 2.45) is 11.3 Å². The van der Waals surface area contributed by atoms with Gasteiger partial charge in [0.15, 0.2) is 0 Å². The number of aryl methyl sites for hydroxylation is 1. The fourth-order valence-electron chi connectivity index (χ4n) is 2.84. The quantitative estimate of drug-likeness (QED) is 0.763. The van der Waals surface area contributed by atoms with E-state index in [1.807, 2.05) is 0 Å². The van der Waals surface area contributed by atoms with Gasteiger partial charge in [0, 0.05) is 18.8 Å². The Morgan fingerprint density at radius 2 is 2.12 bits per heavy atom. The minimum Gasteiger partial charge on any atom is -0.399 e. The maximum absolute atomic E-state index is 5.92. The summed E-state index contributed by atoms with van der Waals surface area (Å²) in [6, 6.07) is 6.38. The molecule has 0 atom stereocenters. The summed E-state index contributed by atoms with van der Waals surface area (Å²) in [4.78, 5) is 0. The SMILES string of the molecule is Cc1ccc(CNCC2(C3CC3)CC2)cc1N. The third-order valence-electron chi connectivity index (χ3n) is 4.49. The zero-order valence-electron chi connectivity index (χ0n) is 10.6. The van der Waals surface area contributed by atoms with E-state index in [2.05, 4.69) is 30.4 Å². The molecule has 3 N–H and O–H groups in total. The minimum atomic E-state index is 0.691. The van der Waals surface area contributed by atoms with Crippen LogP contribution in [0.15, 0.2) is 18.2 Å². The minimum absolute atomic E-state index is 0.691. The molecule has 0 aromatic heterocycles. The Hall–Kier alpha value is -1.02. The monoisotopic (exact) mass is 230 g/mol. The van der Waals surface area contributed by atoms with Crippen LogP contribution in [0.1, 0.15) is 36.8 Å². The van der Waals surface area contributed by atoms with Crippen molar-refractivity contribution in [1.29, 1.82) is 0 Å². The maximum Gasteiger partial charge on any atom is 0.0346 e. The van der Waals surface area contributed by atoms with Crippen LogP contribution in [0.4, 0.5) is 5.69 Å². The summed E-state index contributed by atoms with van der Waals surface area (Å²) in [5.41, 5.74) is 10.00. The zero-order valence-corrected chi connectivity index (χ0v) is 10.6. The maximum atomic E-state index is 5.92. The van der Waals surface area contributed by atoms with Crippen molar-refractivity contribution in [2.75, 3.05) is 12.3 Å². The van der Waals surface area contributed by atoms with Gasteiger partial charge in [-0.05, 0) is 61.1 Å². The average molecular weight is 230 g/mol. The predicted octanol–water partition coefficient (Wildman–Crippen LogP) is 2.86. The summed E-state index contributed by atoms with van der Waals surface area (Å²) in [6.45, 7) is 4.21. The molecule has 0 heterocycles. The Labute approximate surface area is 104 Å². The summed E-state index contributed by atoms with van der Waals surface area (Å²) < 4.78 is 0. The van der Waals surface area contributed by atoms with Crippen LogP contribution in [-0.2, 0) is 6.54 Å². The molecule has 0 bridgehead atoms. The summed E-state index contributed by atoms with van der Waals surface area (Å²) in [5, 5.41) is 3.62. The molecule has 0 saturated heterocycles. The Balaban J connectivity index is 1.52. The lowest BCUT2D eigenvalue weighted by molar-refractivity contribution is 0.403. The number of anilines is 1. The number of nitrogens with one attached hydrogen (secondary N) is 1. The van der Waals surface area contributed by atoms with E-state index in [9.17, 15) is 0 Å². The van der Waals surface area contributed by atoms with Crippen molar-refractivity contribution in [1.82, 2.24) is 5.32 Å². The highest BCUT2D eigenvalue weighted by Gasteiger charge is 2.53. The van der Waals surface area contributed by atoms with Gasteiger partial charge in [-0.25, -0.2) is 0 Å². The first-order valence-electron chi connectivity index (χ1n) is 6.75. The molecule has 2 aliphatic carbocycles. The van der Waals surface area contributed by atoms with Crippen LogP contribution in [0.3, 0.4) is 0 Å². The smallest absolute Gasteiger partial charge is 0.0346 e. The first kappa shape index (κ1) is 11.1. The first-order valence-corrected chi connectivity index (χ1v) is 6.75. The lowest BCUT2D eigenvalue weighted by atomic mass is 10.0. The molecule has 2 aliphatic rings. The summed E-state index contributed by atoms with van der Waals surface area (Å²) >= 11 is 0. The van der Waals surface area contributed by atoms with Crippen LogP contribution < -0.4 is 11.1 Å². The van der Waals surface area contributed by atoms with Crippen LogP contribution in [-0.4, -0.2) is 6.54 Å². The highest BCUT2D eigenvalue weighted by molar-refractivity contribution is 5.48. The lowest BCUT2D eigenvalue weighted by Gasteiger charge is -2.15. The first-order chi connectivity index (χ1) is 8.20. The number of benzene rings is 1. The topological polar surface area (TPSA) is 38.0 Å². The van der Waals surface area contributed by atoms with Gasteiger partial charge < -0.3 is 11.1 Å². The second kappa shape index (κ2) is 4.02. The fraction of sp³-hybridized carbons (Fsp3) is 0.600. The second-order valence-corrected chi connectivity index (χ2v) is 5.93. The molecule has 2 heteroatoms. The predicted molar refractivity (Wildman–Crippen MR) is 71.7 cm³/mol. The van der Waals surface area contributed by atoms with Crippen LogP contribution in [0.5, 0.6) is 0 Å². The highest BCUT2D eigenvalue weighted by atomic mass is 14.9. The molecule has 0 amide bonds. The van der Waals surface area contributed by atoms with Gasteiger partial charge in [-0.3, -0.25) is 0 Å². The molecule has 0 aliphatic heterocycles. The average Bonchev–Trinajstić information content (AvgIpc) is 3.14. The number of nitrogens with two attached hydrogens (primary N) is 1. The van der Waals surface area contributed by atoms with Crippen molar-refractivity contribution in [3.05, 3.63) is 29.3 Å². The van der Waals surface area contributed by atoms with E-state index >= 15 is 0 Å². The van der Waals surface area contributed by atoms with Crippen LogP contribution in [0.25, 0.3) is 0 Å². The summed E-state index contributed by atoms with van der Waals surface area (Å²) in [5.74, 6) is 1.04. The lowest BCUT2D eigenvalue weighted by Crippen LogP contribution is -2.25. The van der Waals surface area contributed by atoms with Crippen molar-refractivity contribution in [3.8, 4) is 0 Å². The van der Waals surface area contributed by atoms with E-state index < -0.39 is 0 Å².